The van der Waals surface area contributed by atoms with Crippen molar-refractivity contribution in [2.45, 2.75) is 39.5 Å². The molecule has 3 nitrogen and oxygen atoms in total. The van der Waals surface area contributed by atoms with Crippen molar-refractivity contribution in [2.24, 2.45) is 5.41 Å². The van der Waals surface area contributed by atoms with Crippen molar-refractivity contribution in [2.75, 3.05) is 13.2 Å². The molecule has 2 N–H and O–H groups in total. The molecule has 112 valence electrons. The molecule has 1 fully saturated rings. The molecule has 2 rings (SSSR count). The predicted molar refractivity (Wildman–Crippen MR) is 84.1 cm³/mol. The highest BCUT2D eigenvalue weighted by atomic mass is 16.2. The van der Waals surface area contributed by atoms with Crippen LogP contribution >= 0.6 is 0 Å². The third kappa shape index (κ3) is 4.09. The first-order valence-electron chi connectivity index (χ1n) is 7.53. The second-order valence-corrected chi connectivity index (χ2v) is 6.15. The number of benzene rings is 1. The monoisotopic (exact) mass is 285 g/mol. The minimum atomic E-state index is -0.0340. The van der Waals surface area contributed by atoms with Gasteiger partial charge in [0.15, 0.2) is 0 Å². The first-order chi connectivity index (χ1) is 10.0. The van der Waals surface area contributed by atoms with Crippen molar-refractivity contribution < 1.29 is 9.90 Å². The van der Waals surface area contributed by atoms with Crippen molar-refractivity contribution >= 4 is 5.91 Å². The van der Waals surface area contributed by atoms with E-state index in [1.165, 1.54) is 19.3 Å². The lowest BCUT2D eigenvalue weighted by atomic mass is 9.70. The standard InChI is InChI=1S/C18H23NO2/c1-14-7-8-16(12-15(14)6-3-4-11-20)17(21)19-13-18(2)9-5-10-18/h7-8,12,20H,4-5,9-11,13H2,1-2H3,(H,19,21). The number of hydrogen-bond acceptors (Lipinski definition) is 2. The Morgan fingerprint density at radius 2 is 2.19 bits per heavy atom. The van der Waals surface area contributed by atoms with E-state index in [1.54, 1.807) is 0 Å². The maximum Gasteiger partial charge on any atom is 0.251 e. The summed E-state index contributed by atoms with van der Waals surface area (Å²) in [4.78, 5) is 12.2. The zero-order valence-electron chi connectivity index (χ0n) is 12.8. The highest BCUT2D eigenvalue weighted by Gasteiger charge is 2.31. The molecule has 0 saturated heterocycles. The second-order valence-electron chi connectivity index (χ2n) is 6.15. The van der Waals surface area contributed by atoms with Gasteiger partial charge in [0.1, 0.15) is 0 Å². The lowest BCUT2D eigenvalue weighted by Crippen LogP contribution is -2.39. The van der Waals surface area contributed by atoms with E-state index >= 15 is 0 Å². The number of carbonyl (C=O) groups excluding carboxylic acids is 1. The Hall–Kier alpha value is -1.79. The summed E-state index contributed by atoms with van der Waals surface area (Å²) in [5.74, 6) is 5.88. The molecular formula is C18H23NO2. The fourth-order valence-corrected chi connectivity index (χ4v) is 2.46. The van der Waals surface area contributed by atoms with E-state index in [2.05, 4.69) is 24.1 Å². The molecule has 3 heteroatoms. The van der Waals surface area contributed by atoms with Gasteiger partial charge in [-0.15, -0.1) is 0 Å². The molecule has 0 unspecified atom stereocenters. The Bertz CT molecular complexity index is 577. The Morgan fingerprint density at radius 1 is 1.43 bits per heavy atom. The van der Waals surface area contributed by atoms with Crippen LogP contribution in [0, 0.1) is 24.2 Å². The first-order valence-corrected chi connectivity index (χ1v) is 7.53. The van der Waals surface area contributed by atoms with Crippen LogP contribution < -0.4 is 5.32 Å². The van der Waals surface area contributed by atoms with Crippen LogP contribution in [0.1, 0.15) is 54.1 Å². The summed E-state index contributed by atoms with van der Waals surface area (Å²) >= 11 is 0. The van der Waals surface area contributed by atoms with Crippen molar-refractivity contribution in [1.82, 2.24) is 5.32 Å². The average Bonchev–Trinajstić information content (AvgIpc) is 2.45. The minimum absolute atomic E-state index is 0.0340. The van der Waals surface area contributed by atoms with Gasteiger partial charge in [0.05, 0.1) is 6.61 Å². The number of aliphatic hydroxyl groups is 1. The smallest absolute Gasteiger partial charge is 0.251 e. The molecule has 21 heavy (non-hydrogen) atoms. The Labute approximate surface area is 126 Å². The number of amides is 1. The average molecular weight is 285 g/mol. The van der Waals surface area contributed by atoms with Crippen molar-refractivity contribution in [1.29, 1.82) is 0 Å². The van der Waals surface area contributed by atoms with Crippen LogP contribution in [0.5, 0.6) is 0 Å². The number of rotatable bonds is 4. The van der Waals surface area contributed by atoms with Crippen molar-refractivity contribution in [3.05, 3.63) is 34.9 Å². The largest absolute Gasteiger partial charge is 0.395 e. The van der Waals surface area contributed by atoms with Gasteiger partial charge in [-0.25, -0.2) is 0 Å². The quantitative estimate of drug-likeness (QED) is 0.836. The summed E-state index contributed by atoms with van der Waals surface area (Å²) in [6.07, 6.45) is 4.11. The lowest BCUT2D eigenvalue weighted by molar-refractivity contribution is 0.0890. The molecule has 0 atom stereocenters. The summed E-state index contributed by atoms with van der Waals surface area (Å²) in [5, 5.41) is 11.8. The number of nitrogens with one attached hydrogen (secondary N) is 1. The van der Waals surface area contributed by atoms with Crippen molar-refractivity contribution in [3.63, 3.8) is 0 Å². The molecule has 1 saturated carbocycles. The van der Waals surface area contributed by atoms with Gasteiger partial charge < -0.3 is 10.4 Å². The minimum Gasteiger partial charge on any atom is -0.395 e. The van der Waals surface area contributed by atoms with Gasteiger partial charge in [0, 0.05) is 24.1 Å². The van der Waals surface area contributed by atoms with E-state index in [0.717, 1.165) is 17.7 Å². The topological polar surface area (TPSA) is 49.3 Å². The normalized spacial score (nSPS) is 15.6. The van der Waals surface area contributed by atoms with E-state index in [4.69, 9.17) is 5.11 Å². The van der Waals surface area contributed by atoms with Crippen LogP contribution in [0.3, 0.4) is 0 Å². The van der Waals surface area contributed by atoms with Crippen molar-refractivity contribution in [3.8, 4) is 11.8 Å². The number of aryl methyl sites for hydroxylation is 1. The maximum atomic E-state index is 12.2. The van der Waals surface area contributed by atoms with Gasteiger partial charge in [-0.1, -0.05) is 31.3 Å². The molecule has 1 aliphatic carbocycles. The lowest BCUT2D eigenvalue weighted by Gasteiger charge is -2.38. The molecule has 1 aromatic rings. The van der Waals surface area contributed by atoms with E-state index in [9.17, 15) is 4.79 Å². The molecular weight excluding hydrogens is 262 g/mol. The molecule has 1 aliphatic rings. The molecule has 0 aromatic heterocycles. The zero-order valence-corrected chi connectivity index (χ0v) is 12.8. The molecule has 0 bridgehead atoms. The van der Waals surface area contributed by atoms with Gasteiger partial charge >= 0.3 is 0 Å². The number of hydrogen-bond donors (Lipinski definition) is 2. The third-order valence-electron chi connectivity index (χ3n) is 4.20. The van der Waals surface area contributed by atoms with Gasteiger partial charge in [-0.05, 0) is 42.9 Å². The summed E-state index contributed by atoms with van der Waals surface area (Å²) in [5.41, 5.74) is 2.83. The van der Waals surface area contributed by atoms with E-state index in [-0.39, 0.29) is 17.9 Å². The van der Waals surface area contributed by atoms with E-state index < -0.39 is 0 Å². The molecule has 0 radical (unpaired) electrons. The Balaban J connectivity index is 2.04. The fourth-order valence-electron chi connectivity index (χ4n) is 2.46. The van der Waals surface area contributed by atoms with Gasteiger partial charge in [-0.3, -0.25) is 4.79 Å². The summed E-state index contributed by atoms with van der Waals surface area (Å²) < 4.78 is 0. The molecule has 1 aromatic carbocycles. The molecule has 0 spiro atoms. The van der Waals surface area contributed by atoms with E-state index in [0.29, 0.717) is 12.0 Å². The molecule has 0 aliphatic heterocycles. The van der Waals surface area contributed by atoms with Crippen LogP contribution in [-0.4, -0.2) is 24.2 Å². The summed E-state index contributed by atoms with van der Waals surface area (Å²) in [6, 6.07) is 5.59. The molecule has 0 heterocycles. The maximum absolute atomic E-state index is 12.2. The number of carbonyl (C=O) groups is 1. The van der Waals surface area contributed by atoms with Crippen LogP contribution in [0.2, 0.25) is 0 Å². The SMILES string of the molecule is Cc1ccc(C(=O)NCC2(C)CCC2)cc1C#CCCO. The first kappa shape index (κ1) is 15.6. The van der Waals surface area contributed by atoms with Crippen LogP contribution in [0.4, 0.5) is 0 Å². The Kier molecular flexibility index (Phi) is 5.03. The van der Waals surface area contributed by atoms with E-state index in [1.807, 2.05) is 25.1 Å². The second kappa shape index (κ2) is 6.78. The summed E-state index contributed by atoms with van der Waals surface area (Å²) in [7, 11) is 0. The van der Waals surface area contributed by atoms with Gasteiger partial charge in [0.2, 0.25) is 0 Å². The van der Waals surface area contributed by atoms with Crippen LogP contribution in [0.25, 0.3) is 0 Å². The summed E-state index contributed by atoms with van der Waals surface area (Å²) in [6.45, 7) is 4.99. The zero-order chi connectivity index (χ0) is 15.3. The van der Waals surface area contributed by atoms with Gasteiger partial charge in [-0.2, -0.15) is 0 Å². The van der Waals surface area contributed by atoms with Crippen LogP contribution in [0.15, 0.2) is 18.2 Å². The molecule has 1 amide bonds. The number of aliphatic hydroxyl groups excluding tert-OH is 1. The predicted octanol–water partition coefficient (Wildman–Crippen LogP) is 2.65. The third-order valence-corrected chi connectivity index (χ3v) is 4.20. The Morgan fingerprint density at radius 3 is 2.81 bits per heavy atom. The highest BCUT2D eigenvalue weighted by molar-refractivity contribution is 5.94. The fraction of sp³-hybridized carbons (Fsp3) is 0.500. The van der Waals surface area contributed by atoms with Gasteiger partial charge in [0.25, 0.3) is 5.91 Å². The van der Waals surface area contributed by atoms with Crippen LogP contribution in [-0.2, 0) is 0 Å². The highest BCUT2D eigenvalue weighted by Crippen LogP contribution is 2.39.